The van der Waals surface area contributed by atoms with E-state index >= 15 is 0 Å². The maximum Gasteiger partial charge on any atom is 0.129 e. The summed E-state index contributed by atoms with van der Waals surface area (Å²) in [5.74, 6) is 0.965. The Morgan fingerprint density at radius 2 is 2.00 bits per heavy atom. The highest BCUT2D eigenvalue weighted by Crippen LogP contribution is 2.11. The molecule has 1 heterocycles. The van der Waals surface area contributed by atoms with Gasteiger partial charge in [0.15, 0.2) is 0 Å². The predicted octanol–water partition coefficient (Wildman–Crippen LogP) is 1.98. The summed E-state index contributed by atoms with van der Waals surface area (Å²) in [5, 5.41) is 3.09. The van der Waals surface area contributed by atoms with E-state index < -0.39 is 0 Å². The van der Waals surface area contributed by atoms with Crippen molar-refractivity contribution in [3.05, 3.63) is 49.2 Å². The van der Waals surface area contributed by atoms with E-state index in [1.165, 1.54) is 0 Å². The number of hydrogen-bond donors (Lipinski definition) is 1. The third-order valence-corrected chi connectivity index (χ3v) is 2.17. The van der Waals surface area contributed by atoms with Gasteiger partial charge in [0.2, 0.25) is 0 Å². The zero-order chi connectivity index (χ0) is 11.8. The molecule has 0 aliphatic carbocycles. The molecular formula is C13H19N3. The molecule has 0 aliphatic rings. The molecule has 3 nitrogen and oxygen atoms in total. The van der Waals surface area contributed by atoms with Crippen LogP contribution in [0.4, 0.5) is 5.82 Å². The molecule has 0 fully saturated rings. The second-order valence-corrected chi connectivity index (χ2v) is 3.50. The van der Waals surface area contributed by atoms with Gasteiger partial charge in [0.05, 0.1) is 5.69 Å². The summed E-state index contributed by atoms with van der Waals surface area (Å²) in [4.78, 5) is 6.69. The fourth-order valence-corrected chi connectivity index (χ4v) is 1.50. The van der Waals surface area contributed by atoms with E-state index in [4.69, 9.17) is 0 Å². The Hall–Kier alpha value is -1.61. The van der Waals surface area contributed by atoms with Crippen molar-refractivity contribution in [3.8, 4) is 0 Å². The first-order valence-electron chi connectivity index (χ1n) is 5.39. The van der Waals surface area contributed by atoms with Crippen LogP contribution < -0.4 is 10.2 Å². The van der Waals surface area contributed by atoms with E-state index in [1.54, 1.807) is 0 Å². The van der Waals surface area contributed by atoms with Gasteiger partial charge in [0.1, 0.15) is 5.82 Å². The first-order chi connectivity index (χ1) is 7.81. The topological polar surface area (TPSA) is 28.2 Å². The molecule has 3 heteroatoms. The standard InChI is InChI=1S/C13H19N3/c1-4-9-16(10-5-2)13-8-6-7-12(15-13)11-14-3/h4-8,14H,1-2,9-11H2,3H3. The molecule has 1 rings (SSSR count). The number of nitrogens with zero attached hydrogens (tertiary/aromatic N) is 2. The zero-order valence-electron chi connectivity index (χ0n) is 9.82. The highest BCUT2D eigenvalue weighted by Gasteiger charge is 2.04. The first-order valence-corrected chi connectivity index (χ1v) is 5.39. The zero-order valence-corrected chi connectivity index (χ0v) is 9.82. The minimum atomic E-state index is 0.780. The largest absolute Gasteiger partial charge is 0.349 e. The molecule has 0 spiro atoms. The summed E-state index contributed by atoms with van der Waals surface area (Å²) in [6.07, 6.45) is 3.74. The van der Waals surface area contributed by atoms with Gasteiger partial charge in [-0.15, -0.1) is 13.2 Å². The van der Waals surface area contributed by atoms with Crippen molar-refractivity contribution in [1.29, 1.82) is 0 Å². The van der Waals surface area contributed by atoms with Crippen molar-refractivity contribution in [2.45, 2.75) is 6.54 Å². The van der Waals surface area contributed by atoms with E-state index in [0.717, 1.165) is 31.1 Å². The lowest BCUT2D eigenvalue weighted by molar-refractivity contribution is 0.785. The van der Waals surface area contributed by atoms with Gasteiger partial charge >= 0.3 is 0 Å². The summed E-state index contributed by atoms with van der Waals surface area (Å²) in [6.45, 7) is 9.84. The highest BCUT2D eigenvalue weighted by atomic mass is 15.2. The summed E-state index contributed by atoms with van der Waals surface area (Å²) in [5.41, 5.74) is 1.04. The monoisotopic (exact) mass is 217 g/mol. The van der Waals surface area contributed by atoms with Crippen LogP contribution in [0, 0.1) is 0 Å². The van der Waals surface area contributed by atoms with E-state index in [9.17, 15) is 0 Å². The summed E-state index contributed by atoms with van der Waals surface area (Å²) in [7, 11) is 1.92. The lowest BCUT2D eigenvalue weighted by atomic mass is 10.3. The van der Waals surface area contributed by atoms with Crippen LogP contribution >= 0.6 is 0 Å². The molecule has 0 atom stereocenters. The molecule has 0 aromatic carbocycles. The third kappa shape index (κ3) is 3.51. The normalized spacial score (nSPS) is 9.81. The van der Waals surface area contributed by atoms with Gasteiger partial charge < -0.3 is 10.2 Å². The van der Waals surface area contributed by atoms with E-state index in [0.29, 0.717) is 0 Å². The molecule has 1 aromatic heterocycles. The second kappa shape index (κ2) is 6.80. The Morgan fingerprint density at radius 1 is 1.31 bits per heavy atom. The average Bonchev–Trinajstić information content (AvgIpc) is 2.30. The van der Waals surface area contributed by atoms with E-state index in [2.05, 4.69) is 28.4 Å². The molecule has 0 aliphatic heterocycles. The number of nitrogens with one attached hydrogen (secondary N) is 1. The van der Waals surface area contributed by atoms with Crippen molar-refractivity contribution in [2.75, 3.05) is 25.0 Å². The first kappa shape index (κ1) is 12.5. The Bertz CT molecular complexity index is 337. The van der Waals surface area contributed by atoms with Gasteiger partial charge in [-0.1, -0.05) is 18.2 Å². The lowest BCUT2D eigenvalue weighted by Crippen LogP contribution is -2.24. The average molecular weight is 217 g/mol. The van der Waals surface area contributed by atoms with E-state index in [-0.39, 0.29) is 0 Å². The third-order valence-electron chi connectivity index (χ3n) is 2.17. The SMILES string of the molecule is C=CCN(CC=C)c1cccc(CNC)n1. The van der Waals surface area contributed by atoms with Gasteiger partial charge in [0, 0.05) is 19.6 Å². The molecule has 1 N–H and O–H groups in total. The van der Waals surface area contributed by atoms with Crippen LogP contribution in [0.5, 0.6) is 0 Å². The summed E-state index contributed by atoms with van der Waals surface area (Å²) in [6, 6.07) is 6.04. The Kier molecular flexibility index (Phi) is 5.29. The van der Waals surface area contributed by atoms with Crippen LogP contribution in [0.3, 0.4) is 0 Å². The smallest absolute Gasteiger partial charge is 0.129 e. The van der Waals surface area contributed by atoms with Crippen molar-refractivity contribution in [3.63, 3.8) is 0 Å². The Labute approximate surface area is 97.5 Å². The molecule has 16 heavy (non-hydrogen) atoms. The fraction of sp³-hybridized carbons (Fsp3) is 0.308. The predicted molar refractivity (Wildman–Crippen MR) is 69.6 cm³/mol. The van der Waals surface area contributed by atoms with Crippen molar-refractivity contribution >= 4 is 5.82 Å². The Morgan fingerprint density at radius 3 is 2.56 bits per heavy atom. The van der Waals surface area contributed by atoms with Gasteiger partial charge in [-0.3, -0.25) is 0 Å². The van der Waals surface area contributed by atoms with Crippen LogP contribution in [-0.4, -0.2) is 25.1 Å². The maximum atomic E-state index is 4.57. The van der Waals surface area contributed by atoms with Crippen LogP contribution in [0.1, 0.15) is 5.69 Å². The number of aromatic nitrogens is 1. The van der Waals surface area contributed by atoms with E-state index in [1.807, 2.05) is 37.4 Å². The molecule has 1 aromatic rings. The fourth-order valence-electron chi connectivity index (χ4n) is 1.50. The van der Waals surface area contributed by atoms with Gasteiger partial charge in [-0.05, 0) is 19.2 Å². The van der Waals surface area contributed by atoms with Crippen molar-refractivity contribution in [1.82, 2.24) is 10.3 Å². The van der Waals surface area contributed by atoms with Gasteiger partial charge in [0.25, 0.3) is 0 Å². The molecule has 0 saturated heterocycles. The van der Waals surface area contributed by atoms with Crippen molar-refractivity contribution in [2.24, 2.45) is 0 Å². The maximum absolute atomic E-state index is 4.57. The Balaban J connectivity index is 2.85. The molecule has 86 valence electrons. The molecular weight excluding hydrogens is 198 g/mol. The highest BCUT2D eigenvalue weighted by molar-refractivity contribution is 5.40. The number of pyridine rings is 1. The van der Waals surface area contributed by atoms with Crippen LogP contribution in [0.2, 0.25) is 0 Å². The minimum Gasteiger partial charge on any atom is -0.349 e. The number of hydrogen-bond acceptors (Lipinski definition) is 3. The van der Waals surface area contributed by atoms with Crippen LogP contribution in [0.15, 0.2) is 43.5 Å². The lowest BCUT2D eigenvalue weighted by Gasteiger charge is -2.20. The summed E-state index contributed by atoms with van der Waals surface area (Å²) >= 11 is 0. The quantitative estimate of drug-likeness (QED) is 0.708. The van der Waals surface area contributed by atoms with Crippen LogP contribution in [-0.2, 0) is 6.54 Å². The molecule has 0 bridgehead atoms. The molecule has 0 unspecified atom stereocenters. The molecule has 0 amide bonds. The number of rotatable bonds is 7. The van der Waals surface area contributed by atoms with Gasteiger partial charge in [-0.25, -0.2) is 4.98 Å². The minimum absolute atomic E-state index is 0.780. The molecule has 0 radical (unpaired) electrons. The van der Waals surface area contributed by atoms with Crippen molar-refractivity contribution < 1.29 is 0 Å². The van der Waals surface area contributed by atoms with Gasteiger partial charge in [-0.2, -0.15) is 0 Å². The molecule has 0 saturated carbocycles. The summed E-state index contributed by atoms with van der Waals surface area (Å²) < 4.78 is 0. The number of anilines is 1. The van der Waals surface area contributed by atoms with Crippen LogP contribution in [0.25, 0.3) is 0 Å². The second-order valence-electron chi connectivity index (χ2n) is 3.50.